The van der Waals surface area contributed by atoms with Crippen LogP contribution >= 0.6 is 0 Å². The lowest BCUT2D eigenvalue weighted by Crippen LogP contribution is -2.52. The van der Waals surface area contributed by atoms with E-state index in [0.717, 1.165) is 58.5 Å². The molecule has 0 bridgehead atoms. The molecule has 2 saturated heterocycles. The number of methoxy groups -OCH3 is 1. The highest BCUT2D eigenvalue weighted by atomic mass is 16.5. The van der Waals surface area contributed by atoms with Crippen molar-refractivity contribution in [3.8, 4) is 0 Å². The molecule has 0 spiro atoms. The van der Waals surface area contributed by atoms with Crippen molar-refractivity contribution in [3.05, 3.63) is 35.9 Å². The van der Waals surface area contributed by atoms with Crippen molar-refractivity contribution in [1.29, 1.82) is 0 Å². The van der Waals surface area contributed by atoms with Crippen molar-refractivity contribution in [3.63, 3.8) is 0 Å². The maximum atomic E-state index is 13.4. The number of amides is 1. The Bertz CT molecular complexity index is 566. The minimum atomic E-state index is -0.335. The number of nitrogens with zero attached hydrogens (tertiary/aromatic N) is 2. The Morgan fingerprint density at radius 1 is 1.19 bits per heavy atom. The summed E-state index contributed by atoms with van der Waals surface area (Å²) in [4.78, 5) is 18.0. The molecule has 1 unspecified atom stereocenters. The summed E-state index contributed by atoms with van der Waals surface area (Å²) in [5, 5.41) is 3.37. The van der Waals surface area contributed by atoms with E-state index >= 15 is 0 Å². The predicted molar refractivity (Wildman–Crippen MR) is 104 cm³/mol. The van der Waals surface area contributed by atoms with E-state index in [1.807, 2.05) is 0 Å². The number of benzene rings is 1. The van der Waals surface area contributed by atoms with Gasteiger partial charge in [0.25, 0.3) is 0 Å². The van der Waals surface area contributed by atoms with E-state index in [1.54, 1.807) is 7.11 Å². The normalized spacial score (nSPS) is 24.2. The molecule has 2 aliphatic heterocycles. The average Bonchev–Trinajstić information content (AvgIpc) is 2.85. The van der Waals surface area contributed by atoms with Gasteiger partial charge in [-0.3, -0.25) is 9.69 Å². The Kier molecular flexibility index (Phi) is 6.68. The largest absolute Gasteiger partial charge is 0.384 e. The first-order valence-electron chi connectivity index (χ1n) is 9.92. The van der Waals surface area contributed by atoms with Crippen LogP contribution in [-0.2, 0) is 16.1 Å². The van der Waals surface area contributed by atoms with Crippen LogP contribution in [0.15, 0.2) is 30.3 Å². The topological polar surface area (TPSA) is 44.8 Å². The van der Waals surface area contributed by atoms with Gasteiger partial charge in [-0.15, -0.1) is 0 Å². The number of ether oxygens (including phenoxy) is 1. The van der Waals surface area contributed by atoms with E-state index in [2.05, 4.69) is 52.4 Å². The van der Waals surface area contributed by atoms with Crippen molar-refractivity contribution in [2.75, 3.05) is 46.4 Å². The van der Waals surface area contributed by atoms with Crippen LogP contribution in [0.3, 0.4) is 0 Å². The zero-order valence-electron chi connectivity index (χ0n) is 16.2. The monoisotopic (exact) mass is 359 g/mol. The summed E-state index contributed by atoms with van der Waals surface area (Å²) < 4.78 is 5.46. The molecule has 2 fully saturated rings. The molecule has 1 amide bonds. The zero-order valence-corrected chi connectivity index (χ0v) is 16.2. The first-order chi connectivity index (χ1) is 12.6. The maximum Gasteiger partial charge on any atom is 0.231 e. The van der Waals surface area contributed by atoms with E-state index in [1.165, 1.54) is 5.56 Å². The third-order valence-electron chi connectivity index (χ3n) is 6.05. The van der Waals surface area contributed by atoms with Gasteiger partial charge in [-0.1, -0.05) is 30.3 Å². The van der Waals surface area contributed by atoms with Gasteiger partial charge in [-0.2, -0.15) is 0 Å². The summed E-state index contributed by atoms with van der Waals surface area (Å²) in [6.45, 7) is 8.18. The number of hydrogen-bond acceptors (Lipinski definition) is 4. The number of rotatable bonds is 5. The van der Waals surface area contributed by atoms with Crippen LogP contribution in [0.1, 0.15) is 31.7 Å². The number of piperidine rings is 1. The molecule has 0 aliphatic carbocycles. The van der Waals surface area contributed by atoms with Gasteiger partial charge in [0.05, 0.1) is 12.0 Å². The van der Waals surface area contributed by atoms with E-state index in [0.29, 0.717) is 18.6 Å². The summed E-state index contributed by atoms with van der Waals surface area (Å²) in [5.41, 5.74) is 1.01. The highest BCUT2D eigenvalue weighted by Crippen LogP contribution is 2.32. The van der Waals surface area contributed by atoms with Crippen LogP contribution in [0, 0.1) is 5.41 Å². The van der Waals surface area contributed by atoms with Crippen LogP contribution < -0.4 is 5.32 Å². The molecule has 0 aromatic heterocycles. The third kappa shape index (κ3) is 4.45. The van der Waals surface area contributed by atoms with Crippen molar-refractivity contribution >= 4 is 5.91 Å². The lowest BCUT2D eigenvalue weighted by molar-refractivity contribution is -0.147. The van der Waals surface area contributed by atoms with Gasteiger partial charge in [0.1, 0.15) is 0 Å². The smallest absolute Gasteiger partial charge is 0.231 e. The van der Waals surface area contributed by atoms with Crippen LogP contribution in [-0.4, -0.2) is 68.2 Å². The Labute approximate surface area is 157 Å². The standard InChI is InChI=1S/C21H33N3O2/c1-18-8-13-23(14-15-24(18)16-19-6-4-3-5-7-19)20(25)21(17-26-2)9-11-22-12-10-21/h3-7,18,22H,8-17H2,1-2H3. The summed E-state index contributed by atoms with van der Waals surface area (Å²) in [6.07, 6.45) is 2.78. The molecule has 1 aromatic carbocycles. The number of carbonyl (C=O) groups is 1. The fourth-order valence-corrected chi connectivity index (χ4v) is 4.30. The minimum absolute atomic E-state index is 0.301. The van der Waals surface area contributed by atoms with Crippen molar-refractivity contribution in [1.82, 2.24) is 15.1 Å². The number of nitrogens with one attached hydrogen (secondary N) is 1. The zero-order chi connectivity index (χ0) is 18.4. The molecule has 1 aromatic rings. The second-order valence-corrected chi connectivity index (χ2v) is 7.85. The van der Waals surface area contributed by atoms with Gasteiger partial charge >= 0.3 is 0 Å². The second kappa shape index (κ2) is 8.98. The highest BCUT2D eigenvalue weighted by molar-refractivity contribution is 5.83. The maximum absolute atomic E-state index is 13.4. The molecule has 0 radical (unpaired) electrons. The molecule has 2 aliphatic rings. The molecular weight excluding hydrogens is 326 g/mol. The first kappa shape index (κ1) is 19.3. The van der Waals surface area contributed by atoms with E-state index in [9.17, 15) is 4.79 Å². The lowest BCUT2D eigenvalue weighted by Gasteiger charge is -2.39. The Morgan fingerprint density at radius 3 is 2.62 bits per heavy atom. The second-order valence-electron chi connectivity index (χ2n) is 7.85. The van der Waals surface area contributed by atoms with Gasteiger partial charge in [0.2, 0.25) is 5.91 Å². The van der Waals surface area contributed by atoms with Gasteiger partial charge in [-0.25, -0.2) is 0 Å². The minimum Gasteiger partial charge on any atom is -0.384 e. The third-order valence-corrected chi connectivity index (χ3v) is 6.05. The predicted octanol–water partition coefficient (Wildman–Crippen LogP) is 2.13. The Balaban J connectivity index is 1.65. The van der Waals surface area contributed by atoms with Crippen LogP contribution in [0.5, 0.6) is 0 Å². The quantitative estimate of drug-likeness (QED) is 0.875. The summed E-state index contributed by atoms with van der Waals surface area (Å²) in [5.74, 6) is 0.301. The van der Waals surface area contributed by atoms with Gasteiger partial charge in [0, 0.05) is 39.3 Å². The molecule has 144 valence electrons. The molecular formula is C21H33N3O2. The number of hydrogen-bond donors (Lipinski definition) is 1. The van der Waals surface area contributed by atoms with Gasteiger partial charge in [-0.05, 0) is 44.8 Å². The molecule has 1 N–H and O–H groups in total. The fraction of sp³-hybridized carbons (Fsp3) is 0.667. The Hall–Kier alpha value is -1.43. The van der Waals surface area contributed by atoms with Gasteiger partial charge in [0.15, 0.2) is 0 Å². The first-order valence-corrected chi connectivity index (χ1v) is 9.92. The summed E-state index contributed by atoms with van der Waals surface area (Å²) >= 11 is 0. The van der Waals surface area contributed by atoms with E-state index in [4.69, 9.17) is 4.74 Å². The van der Waals surface area contributed by atoms with E-state index < -0.39 is 0 Å². The molecule has 5 heteroatoms. The Morgan fingerprint density at radius 2 is 1.92 bits per heavy atom. The summed E-state index contributed by atoms with van der Waals surface area (Å²) in [7, 11) is 1.71. The molecule has 5 nitrogen and oxygen atoms in total. The van der Waals surface area contributed by atoms with Crippen LogP contribution in [0.4, 0.5) is 0 Å². The molecule has 0 saturated carbocycles. The highest BCUT2D eigenvalue weighted by Gasteiger charge is 2.42. The van der Waals surface area contributed by atoms with Crippen molar-refractivity contribution in [2.24, 2.45) is 5.41 Å². The van der Waals surface area contributed by atoms with Crippen LogP contribution in [0.25, 0.3) is 0 Å². The van der Waals surface area contributed by atoms with Gasteiger partial charge < -0.3 is 15.0 Å². The fourth-order valence-electron chi connectivity index (χ4n) is 4.30. The summed E-state index contributed by atoms with van der Waals surface area (Å²) in [6, 6.07) is 11.1. The average molecular weight is 360 g/mol. The van der Waals surface area contributed by atoms with Crippen LogP contribution in [0.2, 0.25) is 0 Å². The number of carbonyl (C=O) groups excluding carboxylic acids is 1. The molecule has 2 heterocycles. The van der Waals surface area contributed by atoms with E-state index in [-0.39, 0.29) is 5.41 Å². The van der Waals surface area contributed by atoms with Crippen molar-refractivity contribution in [2.45, 2.75) is 38.8 Å². The van der Waals surface area contributed by atoms with Crippen molar-refractivity contribution < 1.29 is 9.53 Å². The molecule has 26 heavy (non-hydrogen) atoms. The SMILES string of the molecule is COCC1(C(=O)N2CCC(C)N(Cc3ccccc3)CC2)CCNCC1. The molecule has 1 atom stereocenters. The molecule has 3 rings (SSSR count). The lowest BCUT2D eigenvalue weighted by atomic mass is 9.78.